The number of fused-ring (bicyclic) bond motifs is 1. The van der Waals surface area contributed by atoms with Gasteiger partial charge in [0.05, 0.1) is 17.9 Å². The lowest BCUT2D eigenvalue weighted by Gasteiger charge is -2.19. The molecule has 0 N–H and O–H groups in total. The van der Waals surface area contributed by atoms with Gasteiger partial charge in [0.1, 0.15) is 23.4 Å². The van der Waals surface area contributed by atoms with Crippen molar-refractivity contribution in [3.05, 3.63) is 72.1 Å². The van der Waals surface area contributed by atoms with Gasteiger partial charge in [-0.3, -0.25) is 4.79 Å². The number of aryl methyl sites for hydroxylation is 1. The van der Waals surface area contributed by atoms with Crippen LogP contribution in [-0.2, 0) is 0 Å². The number of carbonyl (C=O) groups is 1. The SMILES string of the molecule is Cc1ccc(C(=O)N2CCC(n3c(-c4ccoc4)nc4cccnc43)C2)cc1F. The van der Waals surface area contributed by atoms with E-state index in [4.69, 9.17) is 9.40 Å². The molecule has 0 saturated carbocycles. The molecule has 7 heteroatoms. The highest BCUT2D eigenvalue weighted by Crippen LogP contribution is 2.32. The lowest BCUT2D eigenvalue weighted by Crippen LogP contribution is -2.29. The molecule has 0 aliphatic carbocycles. The standard InChI is InChI=1S/C22H19FN4O2/c1-14-4-5-15(11-18(14)23)22(28)26-9-6-17(12-26)27-20(16-7-10-29-13-16)25-19-3-2-8-24-21(19)27/h2-5,7-8,10-11,13,17H,6,9,12H2,1H3. The van der Waals surface area contributed by atoms with E-state index in [-0.39, 0.29) is 17.8 Å². The fourth-order valence-corrected chi connectivity index (χ4v) is 3.92. The van der Waals surface area contributed by atoms with Crippen LogP contribution in [0.4, 0.5) is 4.39 Å². The molecule has 1 atom stereocenters. The number of halogens is 1. The first-order chi connectivity index (χ1) is 14.1. The zero-order valence-corrected chi connectivity index (χ0v) is 15.9. The second-order valence-corrected chi connectivity index (χ2v) is 7.32. The number of rotatable bonds is 3. The third-order valence-electron chi connectivity index (χ3n) is 5.46. The molecule has 4 heterocycles. The number of pyridine rings is 1. The summed E-state index contributed by atoms with van der Waals surface area (Å²) in [7, 11) is 0. The number of carbonyl (C=O) groups excluding carboxylic acids is 1. The van der Waals surface area contributed by atoms with Crippen LogP contribution in [-0.4, -0.2) is 38.4 Å². The van der Waals surface area contributed by atoms with Gasteiger partial charge in [0.2, 0.25) is 0 Å². The highest BCUT2D eigenvalue weighted by molar-refractivity contribution is 5.94. The maximum Gasteiger partial charge on any atom is 0.254 e. The number of amides is 1. The van der Waals surface area contributed by atoms with E-state index in [0.717, 1.165) is 29.0 Å². The van der Waals surface area contributed by atoms with E-state index >= 15 is 0 Å². The number of likely N-dealkylation sites (tertiary alicyclic amines) is 1. The number of aromatic nitrogens is 3. The molecule has 5 rings (SSSR count). The van der Waals surface area contributed by atoms with Crippen molar-refractivity contribution >= 4 is 17.1 Å². The fourth-order valence-electron chi connectivity index (χ4n) is 3.92. The van der Waals surface area contributed by atoms with Crippen LogP contribution in [0.2, 0.25) is 0 Å². The number of nitrogens with zero attached hydrogens (tertiary/aromatic N) is 4. The van der Waals surface area contributed by atoms with Crippen LogP contribution in [0.5, 0.6) is 0 Å². The molecular weight excluding hydrogens is 371 g/mol. The Labute approximate surface area is 166 Å². The molecule has 1 amide bonds. The first-order valence-corrected chi connectivity index (χ1v) is 9.53. The highest BCUT2D eigenvalue weighted by Gasteiger charge is 2.31. The molecule has 6 nitrogen and oxygen atoms in total. The lowest BCUT2D eigenvalue weighted by molar-refractivity contribution is 0.0787. The van der Waals surface area contributed by atoms with Crippen LogP contribution < -0.4 is 0 Å². The minimum atomic E-state index is -0.362. The van der Waals surface area contributed by atoms with E-state index in [9.17, 15) is 9.18 Å². The molecule has 1 saturated heterocycles. The van der Waals surface area contributed by atoms with E-state index < -0.39 is 0 Å². The second kappa shape index (κ2) is 6.84. The molecule has 4 aromatic rings. The van der Waals surface area contributed by atoms with Gasteiger partial charge in [-0.25, -0.2) is 14.4 Å². The van der Waals surface area contributed by atoms with Crippen molar-refractivity contribution in [2.45, 2.75) is 19.4 Å². The Balaban J connectivity index is 1.48. The van der Waals surface area contributed by atoms with Crippen LogP contribution in [0.15, 0.2) is 59.5 Å². The van der Waals surface area contributed by atoms with Crippen LogP contribution in [0.1, 0.15) is 28.4 Å². The number of hydrogen-bond donors (Lipinski definition) is 0. The Morgan fingerprint density at radius 3 is 2.97 bits per heavy atom. The maximum atomic E-state index is 13.9. The van der Waals surface area contributed by atoms with E-state index in [1.165, 1.54) is 6.07 Å². The van der Waals surface area contributed by atoms with Gasteiger partial charge in [0, 0.05) is 24.8 Å². The van der Waals surface area contributed by atoms with Crippen LogP contribution in [0.25, 0.3) is 22.6 Å². The van der Waals surface area contributed by atoms with E-state index in [2.05, 4.69) is 9.55 Å². The second-order valence-electron chi connectivity index (χ2n) is 7.32. The average Bonchev–Trinajstić information content (AvgIpc) is 3.47. The Hall–Kier alpha value is -3.48. The van der Waals surface area contributed by atoms with Crippen molar-refractivity contribution in [1.29, 1.82) is 0 Å². The van der Waals surface area contributed by atoms with Crippen LogP contribution >= 0.6 is 0 Å². The van der Waals surface area contributed by atoms with Crippen molar-refractivity contribution in [2.75, 3.05) is 13.1 Å². The van der Waals surface area contributed by atoms with Gasteiger partial charge in [0.25, 0.3) is 5.91 Å². The molecular formula is C22H19FN4O2. The summed E-state index contributed by atoms with van der Waals surface area (Å²) in [6, 6.07) is 10.3. The fraction of sp³-hybridized carbons (Fsp3) is 0.227. The molecule has 1 aliphatic heterocycles. The normalized spacial score (nSPS) is 16.6. The number of furan rings is 1. The molecule has 1 aliphatic rings. The third-order valence-corrected chi connectivity index (χ3v) is 5.46. The van der Waals surface area contributed by atoms with Crippen molar-refractivity contribution in [3.63, 3.8) is 0 Å². The summed E-state index contributed by atoms with van der Waals surface area (Å²) in [5, 5.41) is 0. The predicted molar refractivity (Wildman–Crippen MR) is 106 cm³/mol. The smallest absolute Gasteiger partial charge is 0.254 e. The Morgan fingerprint density at radius 1 is 1.28 bits per heavy atom. The van der Waals surface area contributed by atoms with E-state index in [0.29, 0.717) is 24.2 Å². The van der Waals surface area contributed by atoms with Crippen LogP contribution in [0, 0.1) is 12.7 Å². The summed E-state index contributed by atoms with van der Waals surface area (Å²) in [5.41, 5.74) is 3.35. The predicted octanol–water partition coefficient (Wildman–Crippen LogP) is 4.23. The quantitative estimate of drug-likeness (QED) is 0.525. The van der Waals surface area contributed by atoms with Gasteiger partial charge in [-0.2, -0.15) is 0 Å². The minimum absolute atomic E-state index is 0.0269. The first kappa shape index (κ1) is 17.6. The minimum Gasteiger partial charge on any atom is -0.472 e. The molecule has 0 radical (unpaired) electrons. The van der Waals surface area contributed by atoms with Crippen molar-refractivity contribution in [1.82, 2.24) is 19.4 Å². The van der Waals surface area contributed by atoms with Gasteiger partial charge in [-0.05, 0) is 49.2 Å². The number of hydrogen-bond acceptors (Lipinski definition) is 4. The van der Waals surface area contributed by atoms with Crippen LogP contribution in [0.3, 0.4) is 0 Å². The summed E-state index contributed by atoms with van der Waals surface area (Å²) in [6.07, 6.45) is 5.78. The molecule has 3 aromatic heterocycles. The van der Waals surface area contributed by atoms with Crippen molar-refractivity contribution in [3.8, 4) is 11.4 Å². The molecule has 1 unspecified atom stereocenters. The zero-order valence-electron chi connectivity index (χ0n) is 15.9. The lowest BCUT2D eigenvalue weighted by atomic mass is 10.1. The van der Waals surface area contributed by atoms with Gasteiger partial charge in [-0.15, -0.1) is 0 Å². The van der Waals surface area contributed by atoms with Gasteiger partial charge >= 0.3 is 0 Å². The van der Waals surface area contributed by atoms with Gasteiger partial charge < -0.3 is 13.9 Å². The zero-order chi connectivity index (χ0) is 20.0. The highest BCUT2D eigenvalue weighted by atomic mass is 19.1. The average molecular weight is 390 g/mol. The summed E-state index contributed by atoms with van der Waals surface area (Å²) < 4.78 is 21.2. The molecule has 146 valence electrons. The summed E-state index contributed by atoms with van der Waals surface area (Å²) in [5.74, 6) is 0.250. The Morgan fingerprint density at radius 2 is 2.17 bits per heavy atom. The van der Waals surface area contributed by atoms with Crippen molar-refractivity contribution in [2.24, 2.45) is 0 Å². The molecule has 0 bridgehead atoms. The molecule has 0 spiro atoms. The van der Waals surface area contributed by atoms with Gasteiger partial charge in [0.15, 0.2) is 5.65 Å². The summed E-state index contributed by atoms with van der Waals surface area (Å²) in [4.78, 5) is 23.9. The van der Waals surface area contributed by atoms with Crippen molar-refractivity contribution < 1.29 is 13.6 Å². The number of imidazole rings is 1. The number of benzene rings is 1. The molecule has 1 aromatic carbocycles. The topological polar surface area (TPSA) is 64.2 Å². The largest absolute Gasteiger partial charge is 0.472 e. The van der Waals surface area contributed by atoms with E-state index in [1.54, 1.807) is 42.7 Å². The van der Waals surface area contributed by atoms with E-state index in [1.807, 2.05) is 18.2 Å². The van der Waals surface area contributed by atoms with Gasteiger partial charge in [-0.1, -0.05) is 6.07 Å². The Kier molecular flexibility index (Phi) is 4.16. The molecule has 1 fully saturated rings. The summed E-state index contributed by atoms with van der Waals surface area (Å²) in [6.45, 7) is 2.79. The first-order valence-electron chi connectivity index (χ1n) is 9.53. The maximum absolute atomic E-state index is 13.9. The third kappa shape index (κ3) is 2.99. The molecule has 29 heavy (non-hydrogen) atoms. The monoisotopic (exact) mass is 390 g/mol. The Bertz CT molecular complexity index is 1200. The summed E-state index contributed by atoms with van der Waals surface area (Å²) >= 11 is 0.